The van der Waals surface area contributed by atoms with Gasteiger partial charge in [-0.05, 0) is 0 Å². The number of aliphatic hydroxyl groups excluding tert-OH is 4. The fourth-order valence-corrected chi connectivity index (χ4v) is 2.69. The van der Waals surface area contributed by atoms with E-state index in [1.807, 2.05) is 0 Å². The number of rotatable bonds is 9. The number of ketones is 1. The first-order valence-electron chi connectivity index (χ1n) is 4.83. The second-order valence-corrected chi connectivity index (χ2v) is 6.20. The van der Waals surface area contributed by atoms with Crippen molar-refractivity contribution < 1.29 is 57.9 Å². The van der Waals surface area contributed by atoms with Crippen molar-refractivity contribution in [1.29, 1.82) is 0 Å². The zero-order valence-electron chi connectivity index (χ0n) is 9.71. The van der Waals surface area contributed by atoms with Gasteiger partial charge >= 0.3 is 15.6 Å². The van der Waals surface area contributed by atoms with Crippen molar-refractivity contribution in [2.45, 2.75) is 18.3 Å². The number of carbonyl (C=O) groups excluding carboxylic acids is 1. The Morgan fingerprint density at radius 3 is 1.90 bits per heavy atom. The Hall–Kier alpha value is -0.230. The van der Waals surface area contributed by atoms with Crippen LogP contribution in [0.5, 0.6) is 0 Å². The average molecular weight is 340 g/mol. The standard InChI is InChI=1S/C6H14O12P2/c7-1-3(9)5(10)6(11)4(2-8)17-20(15,16)18-19(12,13)14/h3-5,7-10H,1-2H2,(H,15,16)(H2,12,13,14). The Morgan fingerprint density at radius 2 is 1.55 bits per heavy atom. The minimum absolute atomic E-state index is 1.03. The van der Waals surface area contributed by atoms with E-state index in [4.69, 9.17) is 30.0 Å². The van der Waals surface area contributed by atoms with Crippen LogP contribution < -0.4 is 0 Å². The molecule has 0 aromatic rings. The van der Waals surface area contributed by atoms with Crippen molar-refractivity contribution in [3.05, 3.63) is 0 Å². The molecular weight excluding hydrogens is 326 g/mol. The van der Waals surface area contributed by atoms with E-state index in [9.17, 15) is 19.0 Å². The smallest absolute Gasteiger partial charge is 0.394 e. The van der Waals surface area contributed by atoms with E-state index in [1.54, 1.807) is 0 Å². The first-order valence-corrected chi connectivity index (χ1v) is 7.85. The molecule has 0 saturated heterocycles. The van der Waals surface area contributed by atoms with Crippen LogP contribution in [0.3, 0.4) is 0 Å². The summed E-state index contributed by atoms with van der Waals surface area (Å²) in [5.41, 5.74) is 0. The highest BCUT2D eigenvalue weighted by Crippen LogP contribution is 2.58. The van der Waals surface area contributed by atoms with Crippen LogP contribution in [0.15, 0.2) is 0 Å². The van der Waals surface area contributed by atoms with Crippen LogP contribution in [0.1, 0.15) is 0 Å². The predicted molar refractivity (Wildman–Crippen MR) is 59.0 cm³/mol. The van der Waals surface area contributed by atoms with E-state index < -0.39 is 53.0 Å². The molecule has 4 unspecified atom stereocenters. The van der Waals surface area contributed by atoms with Gasteiger partial charge in [-0.15, -0.1) is 0 Å². The van der Waals surface area contributed by atoms with Crippen LogP contribution in [-0.4, -0.2) is 72.4 Å². The summed E-state index contributed by atoms with van der Waals surface area (Å²) in [6.07, 6.45) is -6.42. The fraction of sp³-hybridized carbons (Fsp3) is 0.833. The Balaban J connectivity index is 4.90. The van der Waals surface area contributed by atoms with E-state index in [2.05, 4.69) is 8.83 Å². The molecule has 0 spiro atoms. The quantitative estimate of drug-likeness (QED) is 0.207. The highest BCUT2D eigenvalue weighted by molar-refractivity contribution is 7.60. The van der Waals surface area contributed by atoms with E-state index in [0.29, 0.717) is 0 Å². The van der Waals surface area contributed by atoms with Crippen LogP contribution in [0.4, 0.5) is 0 Å². The SMILES string of the molecule is O=C(C(CO)OP(=O)(O)OP(=O)(O)O)C(O)C(O)CO. The lowest BCUT2D eigenvalue weighted by Crippen LogP contribution is -2.44. The van der Waals surface area contributed by atoms with Gasteiger partial charge in [0.25, 0.3) is 0 Å². The normalized spacial score (nSPS) is 19.9. The summed E-state index contributed by atoms with van der Waals surface area (Å²) in [5.74, 6) is -1.50. The zero-order valence-corrected chi connectivity index (χ0v) is 11.5. The third-order valence-electron chi connectivity index (χ3n) is 1.80. The minimum atomic E-state index is -5.42. The molecule has 0 aliphatic carbocycles. The van der Waals surface area contributed by atoms with Gasteiger partial charge in [-0.1, -0.05) is 0 Å². The van der Waals surface area contributed by atoms with Crippen molar-refractivity contribution in [2.75, 3.05) is 13.2 Å². The minimum Gasteiger partial charge on any atom is -0.394 e. The topological polar surface area (TPSA) is 211 Å². The average Bonchev–Trinajstić information content (AvgIpc) is 2.30. The zero-order chi connectivity index (χ0) is 16.1. The Morgan fingerprint density at radius 1 is 1.05 bits per heavy atom. The molecule has 12 nitrogen and oxygen atoms in total. The van der Waals surface area contributed by atoms with Gasteiger partial charge in [0.2, 0.25) is 0 Å². The maximum atomic E-state index is 11.4. The van der Waals surface area contributed by atoms with Gasteiger partial charge in [0.15, 0.2) is 11.9 Å². The van der Waals surface area contributed by atoms with E-state index in [1.165, 1.54) is 0 Å². The molecule has 0 saturated carbocycles. The Labute approximate surface area is 112 Å². The largest absolute Gasteiger partial charge is 0.481 e. The molecule has 0 heterocycles. The van der Waals surface area contributed by atoms with Gasteiger partial charge in [0, 0.05) is 0 Å². The van der Waals surface area contributed by atoms with E-state index in [-0.39, 0.29) is 0 Å². The van der Waals surface area contributed by atoms with Gasteiger partial charge < -0.3 is 35.1 Å². The van der Waals surface area contributed by atoms with Crippen molar-refractivity contribution in [2.24, 2.45) is 0 Å². The molecule has 7 N–H and O–H groups in total. The number of phosphoric acid groups is 2. The van der Waals surface area contributed by atoms with Crippen LogP contribution in [-0.2, 0) is 22.8 Å². The molecule has 0 aliphatic rings. The summed E-state index contributed by atoms with van der Waals surface area (Å²) in [6.45, 7) is -2.29. The van der Waals surface area contributed by atoms with Crippen molar-refractivity contribution in [3.8, 4) is 0 Å². The van der Waals surface area contributed by atoms with Gasteiger partial charge in [-0.25, -0.2) is 9.13 Å². The highest BCUT2D eigenvalue weighted by Gasteiger charge is 2.39. The number of carbonyl (C=O) groups is 1. The summed E-state index contributed by atoms with van der Waals surface area (Å²) in [6, 6.07) is 0. The lowest BCUT2D eigenvalue weighted by molar-refractivity contribution is -0.144. The third-order valence-corrected chi connectivity index (χ3v) is 3.99. The monoisotopic (exact) mass is 340 g/mol. The second-order valence-electron chi connectivity index (χ2n) is 3.41. The predicted octanol–water partition coefficient (Wildman–Crippen LogP) is -3.14. The molecule has 0 aromatic heterocycles. The maximum Gasteiger partial charge on any atom is 0.481 e. The molecule has 0 amide bonds. The molecule has 4 atom stereocenters. The van der Waals surface area contributed by atoms with Gasteiger partial charge in [0.1, 0.15) is 12.2 Å². The molecule has 0 aliphatic heterocycles. The van der Waals surface area contributed by atoms with Gasteiger partial charge in [-0.2, -0.15) is 4.31 Å². The van der Waals surface area contributed by atoms with Crippen molar-refractivity contribution >= 4 is 21.4 Å². The summed E-state index contributed by atoms with van der Waals surface area (Å²) < 4.78 is 28.9. The highest BCUT2D eigenvalue weighted by atomic mass is 31.3. The molecule has 20 heavy (non-hydrogen) atoms. The van der Waals surface area contributed by atoms with Crippen LogP contribution >= 0.6 is 15.6 Å². The summed E-state index contributed by atoms with van der Waals surface area (Å²) in [7, 11) is -10.8. The third kappa shape index (κ3) is 6.97. The fourth-order valence-electron chi connectivity index (χ4n) is 0.970. The van der Waals surface area contributed by atoms with Gasteiger partial charge in [0.05, 0.1) is 13.2 Å². The molecule has 14 heteroatoms. The van der Waals surface area contributed by atoms with Crippen molar-refractivity contribution in [3.63, 3.8) is 0 Å². The second kappa shape index (κ2) is 7.69. The van der Waals surface area contributed by atoms with E-state index >= 15 is 0 Å². The number of hydrogen-bond donors (Lipinski definition) is 7. The summed E-state index contributed by atoms with van der Waals surface area (Å²) >= 11 is 0. The molecule has 0 aromatic carbocycles. The Bertz CT molecular complexity index is 416. The lowest BCUT2D eigenvalue weighted by atomic mass is 10.1. The molecule has 0 bridgehead atoms. The number of Topliss-reactive ketones (excluding diaryl/α,β-unsaturated/α-hetero) is 1. The summed E-state index contributed by atoms with van der Waals surface area (Å²) in [4.78, 5) is 37.0. The molecule has 0 rings (SSSR count). The maximum absolute atomic E-state index is 11.4. The molecule has 120 valence electrons. The number of hydrogen-bond acceptors (Lipinski definition) is 9. The first kappa shape index (κ1) is 19.8. The van der Waals surface area contributed by atoms with Crippen LogP contribution in [0.2, 0.25) is 0 Å². The van der Waals surface area contributed by atoms with Crippen LogP contribution in [0, 0.1) is 0 Å². The Kier molecular flexibility index (Phi) is 7.60. The summed E-state index contributed by atoms with van der Waals surface area (Å²) in [5, 5.41) is 35.5. The number of aliphatic hydroxyl groups is 4. The molecule has 0 fully saturated rings. The first-order chi connectivity index (χ1) is 8.93. The van der Waals surface area contributed by atoms with E-state index in [0.717, 1.165) is 0 Å². The molecule has 0 radical (unpaired) electrons. The van der Waals surface area contributed by atoms with Gasteiger partial charge in [-0.3, -0.25) is 9.32 Å². The molecular formula is C6H14O12P2. The lowest BCUT2D eigenvalue weighted by Gasteiger charge is -2.22. The van der Waals surface area contributed by atoms with Crippen molar-refractivity contribution in [1.82, 2.24) is 0 Å². The van der Waals surface area contributed by atoms with Crippen LogP contribution in [0.25, 0.3) is 0 Å². The number of phosphoric ester groups is 1.